The lowest BCUT2D eigenvalue weighted by atomic mass is 9.72. The fourth-order valence-electron chi connectivity index (χ4n) is 5.04. The molecular formula is C32H41NO2. The largest absolute Gasteiger partial charge is 0.423 e. The Morgan fingerprint density at radius 2 is 1.80 bits per heavy atom. The first-order valence-electron chi connectivity index (χ1n) is 12.6. The van der Waals surface area contributed by atoms with E-state index >= 15 is 0 Å². The number of fused-ring (bicyclic) bond motifs is 1. The molecule has 1 N–H and O–H groups in total. The number of ether oxygens (including phenoxy) is 1. The van der Waals surface area contributed by atoms with Gasteiger partial charge in [0.2, 0.25) is 0 Å². The van der Waals surface area contributed by atoms with Gasteiger partial charge in [0.1, 0.15) is 5.75 Å². The summed E-state index contributed by atoms with van der Waals surface area (Å²) in [5.74, 6) is 0.174. The van der Waals surface area contributed by atoms with Crippen LogP contribution in [-0.4, -0.2) is 11.5 Å². The standard InChI is InChI=1S/C32H41NO2/c1-22(14-16-28-24(3)13-10-18-31(28,5)6)11-9-12-23(2)19-30(34)35-26-15-17-29-27(20-26)25(4)21-32(7,8)33-29/h9,11-12,14-17,19-21,33H,10,13,18H2,1-8H3/b12-9-,16-14-,22-11+,23-19-. The molecule has 0 saturated heterocycles. The monoisotopic (exact) mass is 471 g/mol. The molecule has 0 aromatic heterocycles. The van der Waals surface area contributed by atoms with Crippen LogP contribution in [0.25, 0.3) is 5.57 Å². The van der Waals surface area contributed by atoms with Crippen LogP contribution in [0.4, 0.5) is 5.69 Å². The van der Waals surface area contributed by atoms with Crippen LogP contribution < -0.4 is 10.1 Å². The zero-order valence-corrected chi connectivity index (χ0v) is 22.7. The highest BCUT2D eigenvalue weighted by molar-refractivity contribution is 5.86. The molecule has 3 rings (SSSR count). The minimum atomic E-state index is -0.375. The molecule has 0 bridgehead atoms. The van der Waals surface area contributed by atoms with E-state index in [1.807, 2.05) is 37.3 Å². The average molecular weight is 472 g/mol. The number of nitrogens with one attached hydrogen (secondary N) is 1. The van der Waals surface area contributed by atoms with Crippen molar-refractivity contribution in [1.29, 1.82) is 0 Å². The number of esters is 1. The molecule has 1 aromatic carbocycles. The minimum absolute atomic E-state index is 0.0905. The van der Waals surface area contributed by atoms with Crippen molar-refractivity contribution in [1.82, 2.24) is 0 Å². The Kier molecular flexibility index (Phi) is 8.10. The summed E-state index contributed by atoms with van der Waals surface area (Å²) in [5, 5.41) is 3.49. The van der Waals surface area contributed by atoms with E-state index in [0.717, 1.165) is 16.8 Å². The van der Waals surface area contributed by atoms with Gasteiger partial charge in [0.25, 0.3) is 0 Å². The van der Waals surface area contributed by atoms with Crippen molar-refractivity contribution in [2.75, 3.05) is 5.32 Å². The Balaban J connectivity index is 1.61. The van der Waals surface area contributed by atoms with E-state index in [0.29, 0.717) is 5.75 Å². The molecule has 0 atom stereocenters. The molecule has 0 fully saturated rings. The second-order valence-corrected chi connectivity index (χ2v) is 11.2. The van der Waals surface area contributed by atoms with Crippen LogP contribution in [0.5, 0.6) is 5.75 Å². The maximum Gasteiger partial charge on any atom is 0.336 e. The third-order valence-corrected chi connectivity index (χ3v) is 6.79. The first kappa shape index (κ1) is 26.5. The lowest BCUT2D eigenvalue weighted by molar-refractivity contribution is -0.129. The van der Waals surface area contributed by atoms with Crippen LogP contribution in [0.15, 0.2) is 83.0 Å². The van der Waals surface area contributed by atoms with Gasteiger partial charge in [-0.25, -0.2) is 4.79 Å². The molecular weight excluding hydrogens is 430 g/mol. The van der Waals surface area contributed by atoms with Crippen LogP contribution in [0.3, 0.4) is 0 Å². The van der Waals surface area contributed by atoms with Gasteiger partial charge in [-0.05, 0) is 101 Å². The number of carbonyl (C=O) groups excluding carboxylic acids is 1. The highest BCUT2D eigenvalue weighted by Gasteiger charge is 2.26. The molecule has 0 saturated carbocycles. The van der Waals surface area contributed by atoms with Gasteiger partial charge in [0, 0.05) is 17.3 Å². The fraction of sp³-hybridized carbons (Fsp3) is 0.406. The fourth-order valence-corrected chi connectivity index (χ4v) is 5.04. The summed E-state index contributed by atoms with van der Waals surface area (Å²) in [4.78, 5) is 12.4. The lowest BCUT2D eigenvalue weighted by Gasteiger charge is -2.32. The first-order valence-corrected chi connectivity index (χ1v) is 12.6. The first-order chi connectivity index (χ1) is 16.4. The summed E-state index contributed by atoms with van der Waals surface area (Å²) >= 11 is 0. The Morgan fingerprint density at radius 1 is 1.06 bits per heavy atom. The SMILES string of the molecule is CC1=CC(C)(C)Nc2ccc(OC(=O)\C=C(C)/C=C\C=C(C)\C=C/C3=C(C)CCCC3(C)C)cc21. The van der Waals surface area contributed by atoms with E-state index in [1.165, 1.54) is 47.6 Å². The third-order valence-electron chi connectivity index (χ3n) is 6.79. The van der Waals surface area contributed by atoms with Crippen molar-refractivity contribution >= 4 is 17.2 Å². The van der Waals surface area contributed by atoms with Crippen molar-refractivity contribution in [3.8, 4) is 5.75 Å². The molecule has 1 heterocycles. The van der Waals surface area contributed by atoms with Gasteiger partial charge in [-0.3, -0.25) is 0 Å². The van der Waals surface area contributed by atoms with Crippen LogP contribution in [0.2, 0.25) is 0 Å². The number of benzene rings is 1. The second kappa shape index (κ2) is 10.7. The van der Waals surface area contributed by atoms with Crippen molar-refractivity contribution in [3.63, 3.8) is 0 Å². The second-order valence-electron chi connectivity index (χ2n) is 11.2. The Morgan fingerprint density at radius 3 is 2.51 bits per heavy atom. The Bertz CT molecular complexity index is 1170. The zero-order valence-electron chi connectivity index (χ0n) is 22.7. The van der Waals surface area contributed by atoms with Crippen molar-refractivity contribution in [2.45, 2.75) is 80.2 Å². The molecule has 0 unspecified atom stereocenters. The number of hydrogen-bond donors (Lipinski definition) is 1. The van der Waals surface area contributed by atoms with Gasteiger partial charge in [-0.2, -0.15) is 0 Å². The van der Waals surface area contributed by atoms with Crippen molar-refractivity contribution in [3.05, 3.63) is 88.6 Å². The molecule has 1 aliphatic carbocycles. The molecule has 35 heavy (non-hydrogen) atoms. The predicted octanol–water partition coefficient (Wildman–Crippen LogP) is 8.73. The Hall–Kier alpha value is -3.07. The van der Waals surface area contributed by atoms with E-state index in [1.54, 1.807) is 0 Å². The van der Waals surface area contributed by atoms with Gasteiger partial charge < -0.3 is 10.1 Å². The minimum Gasteiger partial charge on any atom is -0.423 e. The van der Waals surface area contributed by atoms with E-state index < -0.39 is 0 Å². The summed E-state index contributed by atoms with van der Waals surface area (Å²) in [6, 6.07) is 5.73. The maximum atomic E-state index is 12.4. The molecule has 0 spiro atoms. The van der Waals surface area contributed by atoms with Crippen molar-refractivity contribution in [2.24, 2.45) is 5.41 Å². The molecule has 0 radical (unpaired) electrons. The summed E-state index contributed by atoms with van der Waals surface area (Å²) in [5.41, 5.74) is 8.42. The molecule has 0 amide bonds. The number of allylic oxidation sites excluding steroid dienone is 10. The summed E-state index contributed by atoms with van der Waals surface area (Å²) in [7, 11) is 0. The summed E-state index contributed by atoms with van der Waals surface area (Å²) < 4.78 is 5.58. The van der Waals surface area contributed by atoms with E-state index in [4.69, 9.17) is 4.74 Å². The van der Waals surface area contributed by atoms with Gasteiger partial charge >= 0.3 is 5.97 Å². The number of carbonyl (C=O) groups is 1. The average Bonchev–Trinajstić information content (AvgIpc) is 2.72. The quantitative estimate of drug-likeness (QED) is 0.195. The maximum absolute atomic E-state index is 12.4. The molecule has 1 aromatic rings. The van der Waals surface area contributed by atoms with E-state index in [2.05, 4.69) is 78.1 Å². The third kappa shape index (κ3) is 7.21. The van der Waals surface area contributed by atoms with Gasteiger partial charge in [0.05, 0.1) is 5.54 Å². The molecule has 3 nitrogen and oxygen atoms in total. The molecule has 1 aliphatic heterocycles. The van der Waals surface area contributed by atoms with Gasteiger partial charge in [-0.15, -0.1) is 0 Å². The lowest BCUT2D eigenvalue weighted by Crippen LogP contribution is -2.31. The summed E-state index contributed by atoms with van der Waals surface area (Å²) in [6.45, 7) is 17.3. The number of anilines is 1. The van der Waals surface area contributed by atoms with Crippen LogP contribution in [-0.2, 0) is 4.79 Å². The predicted molar refractivity (Wildman–Crippen MR) is 150 cm³/mol. The van der Waals surface area contributed by atoms with Crippen LogP contribution >= 0.6 is 0 Å². The van der Waals surface area contributed by atoms with Crippen molar-refractivity contribution < 1.29 is 9.53 Å². The normalized spacial score (nSPS) is 20.1. The molecule has 186 valence electrons. The zero-order chi connectivity index (χ0) is 25.8. The topological polar surface area (TPSA) is 38.3 Å². The van der Waals surface area contributed by atoms with Crippen LogP contribution in [0, 0.1) is 5.41 Å². The smallest absolute Gasteiger partial charge is 0.336 e. The highest BCUT2D eigenvalue weighted by Crippen LogP contribution is 2.41. The van der Waals surface area contributed by atoms with Gasteiger partial charge in [-0.1, -0.05) is 61.4 Å². The molecule has 3 heteroatoms. The number of hydrogen-bond acceptors (Lipinski definition) is 3. The molecule has 2 aliphatic rings. The van der Waals surface area contributed by atoms with E-state index in [-0.39, 0.29) is 16.9 Å². The number of rotatable bonds is 6. The highest BCUT2D eigenvalue weighted by atomic mass is 16.5. The van der Waals surface area contributed by atoms with E-state index in [9.17, 15) is 4.79 Å². The summed E-state index contributed by atoms with van der Waals surface area (Å²) in [6.07, 6.45) is 17.9. The Labute approximate surface area is 212 Å². The van der Waals surface area contributed by atoms with Gasteiger partial charge in [0.15, 0.2) is 0 Å². The van der Waals surface area contributed by atoms with Crippen LogP contribution in [0.1, 0.15) is 80.2 Å².